The van der Waals surface area contributed by atoms with Gasteiger partial charge < -0.3 is 20.1 Å². The van der Waals surface area contributed by atoms with Crippen molar-refractivity contribution < 1.29 is 4.79 Å². The van der Waals surface area contributed by atoms with Crippen LogP contribution in [0.4, 0.5) is 11.4 Å². The van der Waals surface area contributed by atoms with Gasteiger partial charge in [0.05, 0.1) is 6.54 Å². The normalized spacial score (nSPS) is 17.4. The maximum absolute atomic E-state index is 12.6. The molecule has 5 rings (SSSR count). The van der Waals surface area contributed by atoms with Crippen molar-refractivity contribution in [1.29, 1.82) is 0 Å². The lowest BCUT2D eigenvalue weighted by Gasteiger charge is -2.30. The second-order valence-corrected chi connectivity index (χ2v) is 7.39. The zero-order valence-corrected chi connectivity index (χ0v) is 15.4. The van der Waals surface area contributed by atoms with Crippen LogP contribution < -0.4 is 15.1 Å². The lowest BCUT2D eigenvalue weighted by atomic mass is 10.0. The Morgan fingerprint density at radius 1 is 1.00 bits per heavy atom. The minimum Gasteiger partial charge on any atom is -0.369 e. The van der Waals surface area contributed by atoms with Crippen LogP contribution in [0.15, 0.2) is 48.7 Å². The Balaban J connectivity index is 1.49. The smallest absolute Gasteiger partial charge is 0.227 e. The molecule has 0 bridgehead atoms. The molecule has 1 saturated heterocycles. The number of anilines is 2. The van der Waals surface area contributed by atoms with E-state index in [0.717, 1.165) is 43.8 Å². The summed E-state index contributed by atoms with van der Waals surface area (Å²) in [7, 11) is 0. The van der Waals surface area contributed by atoms with Crippen LogP contribution in [0.3, 0.4) is 0 Å². The maximum Gasteiger partial charge on any atom is 0.227 e. The predicted octanol–water partition coefficient (Wildman–Crippen LogP) is 3.06. The first-order valence-corrected chi connectivity index (χ1v) is 9.73. The summed E-state index contributed by atoms with van der Waals surface area (Å²) >= 11 is 0. The standard InChI is InChI=1S/C22H24N4O/c27-22-8-5-16-3-1-2-4-21(16)26(22)15-17-14-24-20-7-6-18(13-19(17)20)25-11-9-23-10-12-25/h1-4,6-7,13-14,23-24H,5,8-12,15H2. The first kappa shape index (κ1) is 16.4. The number of hydrogen-bond donors (Lipinski definition) is 2. The molecule has 1 fully saturated rings. The van der Waals surface area contributed by atoms with Gasteiger partial charge in [-0.25, -0.2) is 0 Å². The van der Waals surface area contributed by atoms with Crippen molar-refractivity contribution in [3.63, 3.8) is 0 Å². The average molecular weight is 360 g/mol. The summed E-state index contributed by atoms with van der Waals surface area (Å²) in [6.45, 7) is 4.72. The second kappa shape index (κ2) is 6.74. The van der Waals surface area contributed by atoms with E-state index in [1.807, 2.05) is 11.0 Å². The van der Waals surface area contributed by atoms with Gasteiger partial charge in [-0.15, -0.1) is 0 Å². The summed E-state index contributed by atoms with van der Waals surface area (Å²) in [6.07, 6.45) is 3.48. The Hall–Kier alpha value is -2.79. The fraction of sp³-hybridized carbons (Fsp3) is 0.318. The molecule has 2 aliphatic rings. The molecule has 1 amide bonds. The Bertz CT molecular complexity index is 987. The zero-order valence-electron chi connectivity index (χ0n) is 15.4. The lowest BCUT2D eigenvalue weighted by Crippen LogP contribution is -2.43. The van der Waals surface area contributed by atoms with Crippen molar-refractivity contribution in [3.8, 4) is 0 Å². The van der Waals surface area contributed by atoms with E-state index in [-0.39, 0.29) is 5.91 Å². The lowest BCUT2D eigenvalue weighted by molar-refractivity contribution is -0.119. The number of amides is 1. The van der Waals surface area contributed by atoms with Crippen molar-refractivity contribution in [2.24, 2.45) is 0 Å². The number of rotatable bonds is 3. The van der Waals surface area contributed by atoms with E-state index in [2.05, 4.69) is 57.8 Å². The van der Waals surface area contributed by atoms with Crippen LogP contribution in [0.1, 0.15) is 17.5 Å². The number of nitrogens with zero attached hydrogens (tertiary/aromatic N) is 2. The summed E-state index contributed by atoms with van der Waals surface area (Å²) in [5.74, 6) is 0.210. The highest BCUT2D eigenvalue weighted by molar-refractivity contribution is 5.97. The van der Waals surface area contributed by atoms with Gasteiger partial charge in [0.15, 0.2) is 0 Å². The van der Waals surface area contributed by atoms with Crippen molar-refractivity contribution >= 4 is 28.2 Å². The number of nitrogens with one attached hydrogen (secondary N) is 2. The SMILES string of the molecule is O=C1CCc2ccccc2N1Cc1c[nH]c2ccc(N3CCNCC3)cc12. The minimum atomic E-state index is 0.210. The summed E-state index contributed by atoms with van der Waals surface area (Å²) < 4.78 is 0. The highest BCUT2D eigenvalue weighted by Crippen LogP contribution is 2.31. The van der Waals surface area contributed by atoms with Gasteiger partial charge in [-0.1, -0.05) is 18.2 Å². The quantitative estimate of drug-likeness (QED) is 0.755. The van der Waals surface area contributed by atoms with Crippen LogP contribution in [0.2, 0.25) is 0 Å². The number of piperazine rings is 1. The molecule has 0 atom stereocenters. The van der Waals surface area contributed by atoms with Crippen LogP contribution in [0, 0.1) is 0 Å². The van der Waals surface area contributed by atoms with Gasteiger partial charge in [0, 0.05) is 61.1 Å². The van der Waals surface area contributed by atoms with Gasteiger partial charge in [-0.05, 0) is 41.8 Å². The predicted molar refractivity (Wildman–Crippen MR) is 109 cm³/mol. The van der Waals surface area contributed by atoms with Gasteiger partial charge in [0.25, 0.3) is 0 Å². The van der Waals surface area contributed by atoms with Gasteiger partial charge in [0.1, 0.15) is 0 Å². The Morgan fingerprint density at radius 2 is 1.85 bits per heavy atom. The molecule has 0 radical (unpaired) electrons. The largest absolute Gasteiger partial charge is 0.369 e. The minimum absolute atomic E-state index is 0.210. The molecule has 5 nitrogen and oxygen atoms in total. The van der Waals surface area contributed by atoms with Crippen LogP contribution in [-0.2, 0) is 17.8 Å². The fourth-order valence-corrected chi connectivity index (χ4v) is 4.26. The van der Waals surface area contributed by atoms with Crippen molar-refractivity contribution in [2.75, 3.05) is 36.0 Å². The molecule has 0 aliphatic carbocycles. The Labute approximate surface area is 159 Å². The van der Waals surface area contributed by atoms with Gasteiger partial charge in [-0.2, -0.15) is 0 Å². The van der Waals surface area contributed by atoms with Crippen LogP contribution >= 0.6 is 0 Å². The first-order chi connectivity index (χ1) is 13.3. The van der Waals surface area contributed by atoms with E-state index in [1.165, 1.54) is 22.2 Å². The molecule has 2 N–H and O–H groups in total. The molecular weight excluding hydrogens is 336 g/mol. The second-order valence-electron chi connectivity index (χ2n) is 7.39. The number of aryl methyl sites for hydroxylation is 1. The van der Waals surface area contributed by atoms with Gasteiger partial charge in [-0.3, -0.25) is 4.79 Å². The maximum atomic E-state index is 12.6. The van der Waals surface area contributed by atoms with E-state index in [1.54, 1.807) is 0 Å². The van der Waals surface area contributed by atoms with Crippen molar-refractivity contribution in [2.45, 2.75) is 19.4 Å². The number of hydrogen-bond acceptors (Lipinski definition) is 3. The molecule has 0 spiro atoms. The third-order valence-corrected chi connectivity index (χ3v) is 5.75. The molecule has 3 aromatic rings. The highest BCUT2D eigenvalue weighted by Gasteiger charge is 2.24. The Morgan fingerprint density at radius 3 is 2.74 bits per heavy atom. The zero-order chi connectivity index (χ0) is 18.2. The molecule has 5 heteroatoms. The molecule has 1 aromatic heterocycles. The van der Waals surface area contributed by atoms with Gasteiger partial charge >= 0.3 is 0 Å². The molecule has 27 heavy (non-hydrogen) atoms. The molecule has 2 aromatic carbocycles. The number of aromatic nitrogens is 1. The van der Waals surface area contributed by atoms with Crippen LogP contribution in [-0.4, -0.2) is 37.1 Å². The molecule has 0 unspecified atom stereocenters. The van der Waals surface area contributed by atoms with Crippen molar-refractivity contribution in [1.82, 2.24) is 10.3 Å². The summed E-state index contributed by atoms with van der Waals surface area (Å²) in [6, 6.07) is 14.9. The van der Waals surface area contributed by atoms with E-state index < -0.39 is 0 Å². The molecule has 0 saturated carbocycles. The molecular formula is C22H24N4O. The number of H-pyrrole nitrogens is 1. The Kier molecular flexibility index (Phi) is 4.09. The van der Waals surface area contributed by atoms with Gasteiger partial charge in [0.2, 0.25) is 5.91 Å². The summed E-state index contributed by atoms with van der Waals surface area (Å²) in [5.41, 5.74) is 5.88. The van der Waals surface area contributed by atoms with Crippen molar-refractivity contribution in [3.05, 3.63) is 59.8 Å². The van der Waals surface area contributed by atoms with E-state index in [4.69, 9.17) is 0 Å². The van der Waals surface area contributed by atoms with Crippen LogP contribution in [0.25, 0.3) is 10.9 Å². The molecule has 138 valence electrons. The number of carbonyl (C=O) groups is 1. The van der Waals surface area contributed by atoms with Crippen LogP contribution in [0.5, 0.6) is 0 Å². The number of aromatic amines is 1. The number of carbonyl (C=O) groups excluding carboxylic acids is 1. The van der Waals surface area contributed by atoms with E-state index in [0.29, 0.717) is 13.0 Å². The number of fused-ring (bicyclic) bond motifs is 2. The fourth-order valence-electron chi connectivity index (χ4n) is 4.26. The third kappa shape index (κ3) is 2.98. The third-order valence-electron chi connectivity index (χ3n) is 5.75. The topological polar surface area (TPSA) is 51.4 Å². The monoisotopic (exact) mass is 360 g/mol. The molecule has 2 aliphatic heterocycles. The van der Waals surface area contributed by atoms with E-state index >= 15 is 0 Å². The average Bonchev–Trinajstić information content (AvgIpc) is 3.13. The number of benzene rings is 2. The number of para-hydroxylation sites is 1. The summed E-state index contributed by atoms with van der Waals surface area (Å²) in [5, 5.41) is 4.61. The van der Waals surface area contributed by atoms with E-state index in [9.17, 15) is 4.79 Å². The highest BCUT2D eigenvalue weighted by atomic mass is 16.2. The first-order valence-electron chi connectivity index (χ1n) is 9.73. The molecule has 3 heterocycles. The summed E-state index contributed by atoms with van der Waals surface area (Å²) in [4.78, 5) is 20.4.